The molecule has 1 aromatic carbocycles. The molecule has 3 rings (SSSR count). The van der Waals surface area contributed by atoms with E-state index in [2.05, 4.69) is 15.2 Å². The summed E-state index contributed by atoms with van der Waals surface area (Å²) in [6.07, 6.45) is -4.47. The number of rotatable bonds is 6. The first-order valence-corrected chi connectivity index (χ1v) is 10.7. The summed E-state index contributed by atoms with van der Waals surface area (Å²) in [7, 11) is 0. The number of nitrogens with zero attached hydrogens (tertiary/aromatic N) is 2. The van der Waals surface area contributed by atoms with E-state index < -0.39 is 17.6 Å². The Hall–Kier alpha value is -2.26. The molecule has 1 aromatic heterocycles. The molecule has 1 saturated heterocycles. The van der Waals surface area contributed by atoms with E-state index in [9.17, 15) is 18.0 Å². The molecule has 5 nitrogen and oxygen atoms in total. The van der Waals surface area contributed by atoms with Crippen LogP contribution >= 0.6 is 11.8 Å². The number of anilines is 1. The van der Waals surface area contributed by atoms with Crippen LogP contribution in [-0.4, -0.2) is 42.9 Å². The van der Waals surface area contributed by atoms with Crippen molar-refractivity contribution in [1.29, 1.82) is 0 Å². The lowest BCUT2D eigenvalue weighted by Gasteiger charge is -2.29. The van der Waals surface area contributed by atoms with Crippen LogP contribution < -0.4 is 10.2 Å². The minimum absolute atomic E-state index is 0.0265. The number of nitrogens with one attached hydrogen (secondary N) is 1. The average Bonchev–Trinajstić information content (AvgIpc) is 2.72. The lowest BCUT2D eigenvalue weighted by molar-refractivity contribution is -0.138. The Balaban J connectivity index is 1.83. The standard InChI is InChI=1S/C21H24F3N3O2S/c1-3-30-20-18(14(2)12-17(26-20)27-8-10-29-11-9-27)19(28)25-13-15-6-4-5-7-16(15)21(22,23)24/h4-7,12H,3,8-11,13H2,1-2H3,(H,25,28). The number of aromatic nitrogens is 1. The SMILES string of the molecule is CCSc1nc(N2CCOCC2)cc(C)c1C(=O)NCc1ccccc1C(F)(F)F. The van der Waals surface area contributed by atoms with Gasteiger partial charge in [0.1, 0.15) is 10.8 Å². The van der Waals surface area contributed by atoms with Gasteiger partial charge in [0.15, 0.2) is 0 Å². The highest BCUT2D eigenvalue weighted by Gasteiger charge is 2.33. The Bertz CT molecular complexity index is 900. The van der Waals surface area contributed by atoms with Crippen LogP contribution in [0.2, 0.25) is 0 Å². The van der Waals surface area contributed by atoms with Gasteiger partial charge in [-0.15, -0.1) is 11.8 Å². The number of ether oxygens (including phenoxy) is 1. The van der Waals surface area contributed by atoms with Gasteiger partial charge in [-0.05, 0) is 35.9 Å². The van der Waals surface area contributed by atoms with E-state index in [4.69, 9.17) is 4.74 Å². The van der Waals surface area contributed by atoms with Gasteiger partial charge >= 0.3 is 6.18 Å². The number of alkyl halides is 3. The summed E-state index contributed by atoms with van der Waals surface area (Å²) >= 11 is 1.44. The van der Waals surface area contributed by atoms with Crippen molar-refractivity contribution in [2.24, 2.45) is 0 Å². The van der Waals surface area contributed by atoms with Gasteiger partial charge in [-0.25, -0.2) is 4.98 Å². The summed E-state index contributed by atoms with van der Waals surface area (Å²) in [6, 6.07) is 7.10. The quantitative estimate of drug-likeness (QED) is 0.681. The number of hydrogen-bond donors (Lipinski definition) is 1. The highest BCUT2D eigenvalue weighted by molar-refractivity contribution is 7.99. The summed E-state index contributed by atoms with van der Waals surface area (Å²) in [6.45, 7) is 6.27. The lowest BCUT2D eigenvalue weighted by atomic mass is 10.1. The maximum atomic E-state index is 13.2. The number of morpholine rings is 1. The molecule has 1 aliphatic rings. The van der Waals surface area contributed by atoms with Gasteiger partial charge in [0.05, 0.1) is 24.3 Å². The number of halogens is 3. The molecule has 0 radical (unpaired) electrons. The third-order valence-electron chi connectivity index (χ3n) is 4.78. The second-order valence-corrected chi connectivity index (χ2v) is 8.10. The molecule has 2 heterocycles. The Morgan fingerprint density at radius 2 is 1.97 bits per heavy atom. The molecule has 0 bridgehead atoms. The molecule has 1 amide bonds. The maximum absolute atomic E-state index is 13.2. The fraction of sp³-hybridized carbons (Fsp3) is 0.429. The van der Waals surface area contributed by atoms with E-state index in [1.807, 2.05) is 19.9 Å². The van der Waals surface area contributed by atoms with Crippen molar-refractivity contribution in [3.05, 3.63) is 52.6 Å². The van der Waals surface area contributed by atoms with E-state index >= 15 is 0 Å². The van der Waals surface area contributed by atoms with E-state index in [1.54, 1.807) is 0 Å². The van der Waals surface area contributed by atoms with Crippen LogP contribution in [0.15, 0.2) is 35.4 Å². The smallest absolute Gasteiger partial charge is 0.378 e. The summed E-state index contributed by atoms with van der Waals surface area (Å²) in [5.41, 5.74) is 0.428. The minimum Gasteiger partial charge on any atom is -0.378 e. The zero-order valence-corrected chi connectivity index (χ0v) is 17.7. The molecule has 30 heavy (non-hydrogen) atoms. The number of amides is 1. The Morgan fingerprint density at radius 3 is 2.63 bits per heavy atom. The molecule has 1 aliphatic heterocycles. The first kappa shape index (κ1) is 22.4. The average molecular weight is 440 g/mol. The molecule has 2 aromatic rings. The molecule has 1 N–H and O–H groups in total. The molecular formula is C21H24F3N3O2S. The number of carbonyl (C=O) groups excluding carboxylic acids is 1. The fourth-order valence-corrected chi connectivity index (χ4v) is 4.14. The van der Waals surface area contributed by atoms with Gasteiger partial charge in [0.2, 0.25) is 0 Å². The van der Waals surface area contributed by atoms with Crippen LogP contribution in [0.3, 0.4) is 0 Å². The Morgan fingerprint density at radius 1 is 1.27 bits per heavy atom. The molecule has 1 fully saturated rings. The van der Waals surface area contributed by atoms with Gasteiger partial charge in [-0.3, -0.25) is 4.79 Å². The van der Waals surface area contributed by atoms with Crippen LogP contribution in [0.4, 0.5) is 19.0 Å². The van der Waals surface area contributed by atoms with Gasteiger partial charge in [0, 0.05) is 19.6 Å². The third-order valence-corrected chi connectivity index (χ3v) is 5.63. The van der Waals surface area contributed by atoms with E-state index in [0.29, 0.717) is 23.8 Å². The van der Waals surface area contributed by atoms with Crippen molar-refractivity contribution in [3.63, 3.8) is 0 Å². The van der Waals surface area contributed by atoms with Crippen LogP contribution in [0, 0.1) is 6.92 Å². The second-order valence-electron chi connectivity index (χ2n) is 6.85. The largest absolute Gasteiger partial charge is 0.416 e. The lowest BCUT2D eigenvalue weighted by Crippen LogP contribution is -2.37. The van der Waals surface area contributed by atoms with Gasteiger partial charge < -0.3 is 15.0 Å². The first-order valence-electron chi connectivity index (χ1n) is 9.71. The van der Waals surface area contributed by atoms with Crippen molar-refractivity contribution < 1.29 is 22.7 Å². The molecule has 0 atom stereocenters. The molecule has 0 spiro atoms. The van der Waals surface area contributed by atoms with E-state index in [1.165, 1.54) is 30.0 Å². The first-order chi connectivity index (χ1) is 14.3. The molecule has 162 valence electrons. The predicted molar refractivity (Wildman–Crippen MR) is 111 cm³/mol. The van der Waals surface area contributed by atoms with Crippen LogP contribution in [0.1, 0.15) is 34.0 Å². The Kier molecular flexibility index (Phi) is 7.25. The van der Waals surface area contributed by atoms with Crippen molar-refractivity contribution in [2.45, 2.75) is 31.6 Å². The number of thioether (sulfide) groups is 1. The van der Waals surface area contributed by atoms with E-state index in [0.717, 1.165) is 36.3 Å². The fourth-order valence-electron chi connectivity index (χ4n) is 3.31. The maximum Gasteiger partial charge on any atom is 0.416 e. The van der Waals surface area contributed by atoms with Crippen molar-refractivity contribution in [2.75, 3.05) is 37.0 Å². The monoisotopic (exact) mass is 439 g/mol. The highest BCUT2D eigenvalue weighted by Crippen LogP contribution is 2.32. The van der Waals surface area contributed by atoms with Crippen molar-refractivity contribution in [1.82, 2.24) is 10.3 Å². The predicted octanol–water partition coefficient (Wildman–Crippen LogP) is 4.29. The van der Waals surface area contributed by atoms with Crippen molar-refractivity contribution >= 4 is 23.5 Å². The van der Waals surface area contributed by atoms with Crippen molar-refractivity contribution in [3.8, 4) is 0 Å². The van der Waals surface area contributed by atoms with Crippen LogP contribution in [-0.2, 0) is 17.5 Å². The molecule has 0 saturated carbocycles. The summed E-state index contributed by atoms with van der Waals surface area (Å²) in [5.74, 6) is 1.07. The summed E-state index contributed by atoms with van der Waals surface area (Å²) in [5, 5.41) is 3.22. The summed E-state index contributed by atoms with van der Waals surface area (Å²) < 4.78 is 45.0. The molecule has 9 heteroatoms. The third kappa shape index (κ3) is 5.26. The van der Waals surface area contributed by atoms with Gasteiger partial charge in [-0.2, -0.15) is 13.2 Å². The summed E-state index contributed by atoms with van der Waals surface area (Å²) in [4.78, 5) is 19.7. The van der Waals surface area contributed by atoms with Crippen LogP contribution in [0.25, 0.3) is 0 Å². The zero-order chi connectivity index (χ0) is 21.7. The zero-order valence-electron chi connectivity index (χ0n) is 16.9. The van der Waals surface area contributed by atoms with E-state index in [-0.39, 0.29) is 12.1 Å². The number of aryl methyl sites for hydroxylation is 1. The molecule has 0 aliphatic carbocycles. The highest BCUT2D eigenvalue weighted by atomic mass is 32.2. The number of carbonyl (C=O) groups is 1. The normalized spacial score (nSPS) is 14.6. The molecular weight excluding hydrogens is 415 g/mol. The van der Waals surface area contributed by atoms with Gasteiger partial charge in [-0.1, -0.05) is 25.1 Å². The number of hydrogen-bond acceptors (Lipinski definition) is 5. The number of pyridine rings is 1. The Labute approximate surface area is 178 Å². The van der Waals surface area contributed by atoms with Crippen LogP contribution in [0.5, 0.6) is 0 Å². The molecule has 0 unspecified atom stereocenters. The number of benzene rings is 1. The second kappa shape index (κ2) is 9.70. The minimum atomic E-state index is -4.47. The van der Waals surface area contributed by atoms with Gasteiger partial charge in [0.25, 0.3) is 5.91 Å². The topological polar surface area (TPSA) is 54.5 Å².